The summed E-state index contributed by atoms with van der Waals surface area (Å²) in [7, 11) is -4.03. The summed E-state index contributed by atoms with van der Waals surface area (Å²) in [6, 6.07) is 7.91. The molecule has 0 aliphatic carbocycles. The predicted molar refractivity (Wildman–Crippen MR) is 154 cm³/mol. The Morgan fingerprint density at radius 3 is 2.45 bits per heavy atom. The summed E-state index contributed by atoms with van der Waals surface area (Å²) in [5.41, 5.74) is -2.62. The summed E-state index contributed by atoms with van der Waals surface area (Å²) in [4.78, 5) is 41.6. The minimum atomic E-state index is -4.03. The van der Waals surface area contributed by atoms with Gasteiger partial charge in [0, 0.05) is 17.6 Å². The van der Waals surface area contributed by atoms with Crippen LogP contribution in [0.2, 0.25) is 5.02 Å². The van der Waals surface area contributed by atoms with Crippen molar-refractivity contribution in [3.63, 3.8) is 0 Å². The molecule has 2 saturated heterocycles. The van der Waals surface area contributed by atoms with Crippen molar-refractivity contribution in [1.82, 2.24) is 9.55 Å². The standard InChI is InChI=1S/C28H35ClF2N3O9P/c1-26(2,3)23(35)39-15-19-21(42-24(36)27(4,5)6)28(30,31)22(41-19)34-12-10-20(32-25(34)37)33-44(38)40-13-11-18(43-44)16-8-7-9-17(29)14-16/h7-10,12,14,18-19,21-22H,11,13,15H2,1-6H3,(H,32,33,37,38)/t18?,19-,21-,22-,44?/m1/s1. The summed E-state index contributed by atoms with van der Waals surface area (Å²) < 4.78 is 72.3. The number of esters is 2. The van der Waals surface area contributed by atoms with Gasteiger partial charge < -0.3 is 14.2 Å². The number of carbonyl (C=O) groups is 2. The van der Waals surface area contributed by atoms with E-state index in [1.165, 1.54) is 20.8 Å². The van der Waals surface area contributed by atoms with Crippen molar-refractivity contribution in [2.75, 3.05) is 18.3 Å². The van der Waals surface area contributed by atoms with E-state index < -0.39 is 73.3 Å². The van der Waals surface area contributed by atoms with Crippen molar-refractivity contribution in [3.8, 4) is 0 Å². The molecule has 2 unspecified atom stereocenters. The Bertz CT molecular complexity index is 1510. The van der Waals surface area contributed by atoms with Crippen LogP contribution in [0.3, 0.4) is 0 Å². The van der Waals surface area contributed by atoms with Crippen LogP contribution in [0.15, 0.2) is 41.3 Å². The second-order valence-corrected chi connectivity index (χ2v) is 14.6. The summed E-state index contributed by atoms with van der Waals surface area (Å²) in [6.07, 6.45) is -5.39. The molecule has 16 heteroatoms. The average Bonchev–Trinajstić information content (AvgIpc) is 3.15. The molecular formula is C28H35ClF2N3O9P. The van der Waals surface area contributed by atoms with Crippen molar-refractivity contribution in [2.45, 2.75) is 78.4 Å². The molecule has 4 rings (SSSR count). The number of carbonyl (C=O) groups excluding carboxylic acids is 2. The van der Waals surface area contributed by atoms with E-state index in [-0.39, 0.29) is 12.4 Å². The van der Waals surface area contributed by atoms with Crippen LogP contribution in [0.25, 0.3) is 0 Å². The third-order valence-electron chi connectivity index (χ3n) is 6.65. The summed E-state index contributed by atoms with van der Waals surface area (Å²) in [5.74, 6) is -5.86. The topological polar surface area (TPSA) is 144 Å². The van der Waals surface area contributed by atoms with E-state index in [1.54, 1.807) is 45.0 Å². The second kappa shape index (κ2) is 12.5. The molecule has 0 saturated carbocycles. The van der Waals surface area contributed by atoms with E-state index in [4.69, 9.17) is 34.9 Å². The fourth-order valence-electron chi connectivity index (χ4n) is 4.23. The molecule has 0 amide bonds. The largest absolute Gasteiger partial charge is 0.462 e. The van der Waals surface area contributed by atoms with E-state index in [2.05, 4.69) is 10.1 Å². The van der Waals surface area contributed by atoms with E-state index >= 15 is 8.78 Å². The zero-order chi connectivity index (χ0) is 32.7. The first kappa shape index (κ1) is 34.0. The highest BCUT2D eigenvalue weighted by molar-refractivity contribution is 7.55. The van der Waals surface area contributed by atoms with Gasteiger partial charge in [-0.1, -0.05) is 23.7 Å². The van der Waals surface area contributed by atoms with Crippen LogP contribution in [0.4, 0.5) is 14.6 Å². The van der Waals surface area contributed by atoms with E-state index in [0.29, 0.717) is 21.6 Å². The fourth-order valence-corrected chi connectivity index (χ4v) is 5.92. The highest BCUT2D eigenvalue weighted by Crippen LogP contribution is 2.55. The number of rotatable bonds is 7. The third kappa shape index (κ3) is 7.66. The van der Waals surface area contributed by atoms with Crippen molar-refractivity contribution in [2.24, 2.45) is 10.8 Å². The Labute approximate surface area is 257 Å². The summed E-state index contributed by atoms with van der Waals surface area (Å²) >= 11 is 6.05. The molecule has 12 nitrogen and oxygen atoms in total. The van der Waals surface area contributed by atoms with Crippen LogP contribution in [0, 0.1) is 10.8 Å². The van der Waals surface area contributed by atoms with Gasteiger partial charge in [0.15, 0.2) is 6.10 Å². The van der Waals surface area contributed by atoms with Gasteiger partial charge in [0.2, 0.25) is 6.23 Å². The lowest BCUT2D eigenvalue weighted by Gasteiger charge is -2.30. The Morgan fingerprint density at radius 2 is 1.84 bits per heavy atom. The maximum Gasteiger partial charge on any atom is 0.434 e. The highest BCUT2D eigenvalue weighted by Gasteiger charge is 2.63. The molecular weight excluding hydrogens is 627 g/mol. The molecule has 1 N–H and O–H groups in total. The molecule has 0 spiro atoms. The van der Waals surface area contributed by atoms with Crippen molar-refractivity contribution >= 4 is 37.1 Å². The van der Waals surface area contributed by atoms with Crippen LogP contribution in [0.1, 0.15) is 65.9 Å². The van der Waals surface area contributed by atoms with Gasteiger partial charge in [-0.05, 0) is 65.3 Å². The number of anilines is 1. The highest BCUT2D eigenvalue weighted by atomic mass is 35.5. The quantitative estimate of drug-likeness (QED) is 0.289. The number of aromatic nitrogens is 2. The maximum atomic E-state index is 15.8. The lowest BCUT2D eigenvalue weighted by molar-refractivity contribution is -0.184. The fraction of sp³-hybridized carbons (Fsp3) is 0.571. The maximum absolute atomic E-state index is 15.8. The van der Waals surface area contributed by atoms with Gasteiger partial charge in [-0.15, -0.1) is 0 Å². The number of alkyl halides is 2. The second-order valence-electron chi connectivity index (χ2n) is 12.5. The van der Waals surface area contributed by atoms with Crippen LogP contribution in [0.5, 0.6) is 0 Å². The molecule has 0 radical (unpaired) electrons. The number of benzene rings is 1. The summed E-state index contributed by atoms with van der Waals surface area (Å²) in [5, 5.41) is 2.92. The molecule has 242 valence electrons. The van der Waals surface area contributed by atoms with Gasteiger partial charge in [-0.25, -0.2) is 9.36 Å². The molecule has 2 aromatic rings. The van der Waals surface area contributed by atoms with E-state index in [0.717, 1.165) is 12.3 Å². The molecule has 1 aromatic carbocycles. The molecule has 5 atom stereocenters. The number of hydrogen-bond donors (Lipinski definition) is 1. The van der Waals surface area contributed by atoms with Gasteiger partial charge in [0.05, 0.1) is 23.5 Å². The van der Waals surface area contributed by atoms with Crippen LogP contribution in [-0.2, 0) is 37.4 Å². The van der Waals surface area contributed by atoms with Crippen molar-refractivity contribution in [1.29, 1.82) is 0 Å². The van der Waals surface area contributed by atoms with Gasteiger partial charge in [-0.3, -0.25) is 28.3 Å². The predicted octanol–water partition coefficient (Wildman–Crippen LogP) is 5.67. The number of halogens is 3. The van der Waals surface area contributed by atoms with Gasteiger partial charge in [0.25, 0.3) is 0 Å². The van der Waals surface area contributed by atoms with Crippen molar-refractivity contribution in [3.05, 3.63) is 57.6 Å². The van der Waals surface area contributed by atoms with Gasteiger partial charge >= 0.3 is 31.3 Å². The molecule has 2 fully saturated rings. The minimum absolute atomic E-state index is 0.0521. The third-order valence-corrected chi connectivity index (χ3v) is 8.44. The number of nitrogens with one attached hydrogen (secondary N) is 1. The number of ether oxygens (including phenoxy) is 3. The molecule has 2 aliphatic rings. The lowest BCUT2D eigenvalue weighted by Crippen LogP contribution is -2.46. The first-order valence-corrected chi connectivity index (χ1v) is 15.7. The summed E-state index contributed by atoms with van der Waals surface area (Å²) in [6.45, 7) is 8.57. The smallest absolute Gasteiger partial charge is 0.434 e. The van der Waals surface area contributed by atoms with Crippen molar-refractivity contribution < 1.29 is 46.2 Å². The molecule has 0 bridgehead atoms. The zero-order valence-electron chi connectivity index (χ0n) is 25.0. The van der Waals surface area contributed by atoms with E-state index in [1.807, 2.05) is 0 Å². The Kier molecular flexibility index (Phi) is 9.64. The Morgan fingerprint density at radius 1 is 1.16 bits per heavy atom. The lowest BCUT2D eigenvalue weighted by atomic mass is 9.97. The Hall–Kier alpha value is -2.90. The Balaban J connectivity index is 1.56. The SMILES string of the molecule is CC(C)(C)C(=O)OC[C@H]1O[C@@H](n2ccc(NP3(=O)OCCC(c4cccc(Cl)c4)O3)nc2=O)C(F)(F)[C@@H]1OC(=O)C(C)(C)C. The number of hydrogen-bond acceptors (Lipinski definition) is 10. The van der Waals surface area contributed by atoms with Crippen LogP contribution < -0.4 is 10.8 Å². The number of nitrogens with zero attached hydrogens (tertiary/aromatic N) is 2. The van der Waals surface area contributed by atoms with Crippen LogP contribution in [-0.4, -0.2) is 52.8 Å². The molecule has 2 aliphatic heterocycles. The molecule has 1 aromatic heterocycles. The van der Waals surface area contributed by atoms with Gasteiger partial charge in [-0.2, -0.15) is 13.8 Å². The molecule has 44 heavy (non-hydrogen) atoms. The monoisotopic (exact) mass is 661 g/mol. The van der Waals surface area contributed by atoms with Crippen LogP contribution >= 0.6 is 19.3 Å². The molecule has 3 heterocycles. The first-order valence-electron chi connectivity index (χ1n) is 13.8. The first-order chi connectivity index (χ1) is 20.3. The average molecular weight is 662 g/mol. The zero-order valence-corrected chi connectivity index (χ0v) is 26.7. The van der Waals surface area contributed by atoms with E-state index in [9.17, 15) is 18.9 Å². The minimum Gasteiger partial charge on any atom is -0.462 e. The normalized spacial score (nSPS) is 27.0. The van der Waals surface area contributed by atoms with Gasteiger partial charge in [0.1, 0.15) is 18.5 Å².